The number of unbranched alkanes of at least 4 members (excludes halogenated alkanes) is 2. The molecule has 3 rings (SSSR count). The van der Waals surface area contributed by atoms with Crippen LogP contribution in [0, 0.1) is 11.3 Å². The first-order valence-corrected chi connectivity index (χ1v) is 9.00. The van der Waals surface area contributed by atoms with E-state index in [9.17, 15) is 0 Å². The lowest BCUT2D eigenvalue weighted by Gasteiger charge is -2.13. The first-order chi connectivity index (χ1) is 12.3. The second-order valence-electron chi connectivity index (χ2n) is 6.39. The van der Waals surface area contributed by atoms with Crippen LogP contribution in [-0.2, 0) is 6.42 Å². The van der Waals surface area contributed by atoms with Gasteiger partial charge in [-0.15, -0.1) is 0 Å². The van der Waals surface area contributed by atoms with Crippen molar-refractivity contribution >= 4 is 0 Å². The van der Waals surface area contributed by atoms with Gasteiger partial charge in [0, 0.05) is 0 Å². The van der Waals surface area contributed by atoms with Crippen LogP contribution in [0.4, 0.5) is 0 Å². The maximum atomic E-state index is 9.05. The third-order valence-electron chi connectivity index (χ3n) is 4.56. The third-order valence-corrected chi connectivity index (χ3v) is 4.56. The van der Waals surface area contributed by atoms with Crippen molar-refractivity contribution in [3.8, 4) is 28.3 Å². The van der Waals surface area contributed by atoms with Crippen LogP contribution in [0.3, 0.4) is 0 Å². The Balaban J connectivity index is 2.04. The molecule has 0 bridgehead atoms. The zero-order valence-electron chi connectivity index (χ0n) is 14.7. The Hall–Kier alpha value is -2.85. The Morgan fingerprint density at radius 1 is 0.760 bits per heavy atom. The molecule has 3 aromatic rings. The van der Waals surface area contributed by atoms with E-state index in [4.69, 9.17) is 5.26 Å². The molecule has 0 aliphatic carbocycles. The summed E-state index contributed by atoms with van der Waals surface area (Å²) in [6.45, 7) is 2.24. The summed E-state index contributed by atoms with van der Waals surface area (Å²) in [6.07, 6.45) is 4.86. The van der Waals surface area contributed by atoms with E-state index >= 15 is 0 Å². The zero-order valence-corrected chi connectivity index (χ0v) is 14.7. The van der Waals surface area contributed by atoms with Gasteiger partial charge in [0.15, 0.2) is 0 Å². The van der Waals surface area contributed by atoms with Gasteiger partial charge in [0.25, 0.3) is 0 Å². The van der Waals surface area contributed by atoms with Gasteiger partial charge in [-0.05, 0) is 52.8 Å². The molecule has 0 aromatic heterocycles. The van der Waals surface area contributed by atoms with Crippen LogP contribution in [0.5, 0.6) is 0 Å². The number of nitriles is 1. The molecular formula is C24H23N. The third kappa shape index (κ3) is 4.17. The number of nitrogens with zero attached hydrogens (tertiary/aromatic N) is 1. The van der Waals surface area contributed by atoms with Crippen molar-refractivity contribution in [1.29, 1.82) is 5.26 Å². The molecule has 0 spiro atoms. The molecule has 0 heterocycles. The SMILES string of the molecule is CCCCCc1ccc(-c2ccccc2)c(-c2ccc(C#N)cc2)c1. The van der Waals surface area contributed by atoms with Gasteiger partial charge in [-0.25, -0.2) is 0 Å². The monoisotopic (exact) mass is 325 g/mol. The summed E-state index contributed by atoms with van der Waals surface area (Å²) in [6, 6.07) is 27.4. The summed E-state index contributed by atoms with van der Waals surface area (Å²) < 4.78 is 0. The smallest absolute Gasteiger partial charge is 0.0991 e. The van der Waals surface area contributed by atoms with Gasteiger partial charge >= 0.3 is 0 Å². The molecule has 0 fully saturated rings. The fraction of sp³-hybridized carbons (Fsp3) is 0.208. The van der Waals surface area contributed by atoms with E-state index < -0.39 is 0 Å². The minimum atomic E-state index is 0.698. The molecule has 0 atom stereocenters. The standard InChI is InChI=1S/C24H23N/c1-2-3-5-8-19-13-16-23(21-9-6-4-7-10-21)24(17-19)22-14-11-20(18-25)12-15-22/h4,6-7,9-17H,2-3,5,8H2,1H3. The largest absolute Gasteiger partial charge is 0.192 e. The molecule has 25 heavy (non-hydrogen) atoms. The number of rotatable bonds is 6. The Morgan fingerprint density at radius 3 is 2.16 bits per heavy atom. The molecule has 0 radical (unpaired) electrons. The number of aryl methyl sites for hydroxylation is 1. The van der Waals surface area contributed by atoms with Gasteiger partial charge in [0.1, 0.15) is 0 Å². The predicted octanol–water partition coefficient (Wildman–Crippen LogP) is 6.62. The Morgan fingerprint density at radius 2 is 1.48 bits per heavy atom. The second kappa shape index (κ2) is 8.31. The van der Waals surface area contributed by atoms with Gasteiger partial charge in [0.05, 0.1) is 11.6 Å². The number of benzene rings is 3. The van der Waals surface area contributed by atoms with Crippen molar-refractivity contribution in [2.75, 3.05) is 0 Å². The fourth-order valence-corrected chi connectivity index (χ4v) is 3.16. The van der Waals surface area contributed by atoms with Gasteiger partial charge in [0.2, 0.25) is 0 Å². The Kier molecular flexibility index (Phi) is 5.65. The minimum Gasteiger partial charge on any atom is -0.192 e. The van der Waals surface area contributed by atoms with Crippen LogP contribution in [-0.4, -0.2) is 0 Å². The normalized spacial score (nSPS) is 10.4. The van der Waals surface area contributed by atoms with Crippen LogP contribution in [0.15, 0.2) is 72.8 Å². The van der Waals surface area contributed by atoms with E-state index in [2.05, 4.69) is 67.6 Å². The van der Waals surface area contributed by atoms with Crippen LogP contribution >= 0.6 is 0 Å². The summed E-state index contributed by atoms with van der Waals surface area (Å²) in [4.78, 5) is 0. The molecule has 3 aromatic carbocycles. The highest BCUT2D eigenvalue weighted by molar-refractivity contribution is 5.84. The fourth-order valence-electron chi connectivity index (χ4n) is 3.16. The Labute approximate surface area is 150 Å². The van der Waals surface area contributed by atoms with Crippen molar-refractivity contribution < 1.29 is 0 Å². The predicted molar refractivity (Wildman–Crippen MR) is 105 cm³/mol. The van der Waals surface area contributed by atoms with Crippen LogP contribution in [0.2, 0.25) is 0 Å². The van der Waals surface area contributed by atoms with E-state index in [1.54, 1.807) is 0 Å². The molecule has 0 saturated heterocycles. The molecule has 124 valence electrons. The molecule has 0 aliphatic heterocycles. The van der Waals surface area contributed by atoms with E-state index in [-0.39, 0.29) is 0 Å². The molecule has 1 heteroatoms. The Bertz CT molecular complexity index is 855. The quantitative estimate of drug-likeness (QED) is 0.467. The van der Waals surface area contributed by atoms with Gasteiger partial charge in [-0.2, -0.15) is 5.26 Å². The van der Waals surface area contributed by atoms with E-state index in [1.807, 2.05) is 18.2 Å². The summed E-state index contributed by atoms with van der Waals surface area (Å²) in [5, 5.41) is 9.05. The molecular weight excluding hydrogens is 302 g/mol. The van der Waals surface area contributed by atoms with Crippen LogP contribution in [0.25, 0.3) is 22.3 Å². The van der Waals surface area contributed by atoms with E-state index in [0.717, 1.165) is 12.0 Å². The van der Waals surface area contributed by atoms with E-state index in [0.29, 0.717) is 5.56 Å². The lowest BCUT2D eigenvalue weighted by Crippen LogP contribution is -1.91. The van der Waals surface area contributed by atoms with Crippen LogP contribution < -0.4 is 0 Å². The summed E-state index contributed by atoms with van der Waals surface area (Å²) >= 11 is 0. The highest BCUT2D eigenvalue weighted by atomic mass is 14.2. The number of hydrogen-bond acceptors (Lipinski definition) is 1. The summed E-state index contributed by atoms with van der Waals surface area (Å²) in [5.41, 5.74) is 6.95. The van der Waals surface area contributed by atoms with Crippen molar-refractivity contribution in [3.63, 3.8) is 0 Å². The second-order valence-corrected chi connectivity index (χ2v) is 6.39. The van der Waals surface area contributed by atoms with Crippen LogP contribution in [0.1, 0.15) is 37.3 Å². The van der Waals surface area contributed by atoms with Gasteiger partial charge < -0.3 is 0 Å². The lowest BCUT2D eigenvalue weighted by atomic mass is 9.91. The highest BCUT2D eigenvalue weighted by Gasteiger charge is 2.09. The topological polar surface area (TPSA) is 23.8 Å². The molecule has 0 amide bonds. The maximum Gasteiger partial charge on any atom is 0.0991 e. The first-order valence-electron chi connectivity index (χ1n) is 9.00. The molecule has 0 saturated carbocycles. The van der Waals surface area contributed by atoms with E-state index in [1.165, 1.54) is 41.5 Å². The van der Waals surface area contributed by atoms with Crippen molar-refractivity contribution in [2.45, 2.75) is 32.6 Å². The molecule has 0 N–H and O–H groups in total. The summed E-state index contributed by atoms with van der Waals surface area (Å²) in [5.74, 6) is 0. The average molecular weight is 325 g/mol. The minimum absolute atomic E-state index is 0.698. The molecule has 1 nitrogen and oxygen atoms in total. The zero-order chi connectivity index (χ0) is 17.5. The maximum absolute atomic E-state index is 9.05. The van der Waals surface area contributed by atoms with Crippen molar-refractivity contribution in [1.82, 2.24) is 0 Å². The van der Waals surface area contributed by atoms with Gasteiger partial charge in [-0.3, -0.25) is 0 Å². The highest BCUT2D eigenvalue weighted by Crippen LogP contribution is 2.33. The number of hydrogen-bond donors (Lipinski definition) is 0. The van der Waals surface area contributed by atoms with Crippen molar-refractivity contribution in [3.05, 3.63) is 83.9 Å². The summed E-state index contributed by atoms with van der Waals surface area (Å²) in [7, 11) is 0. The first kappa shape index (κ1) is 17.0. The lowest BCUT2D eigenvalue weighted by molar-refractivity contribution is 0.717. The molecule has 0 aliphatic rings. The average Bonchev–Trinajstić information content (AvgIpc) is 2.69. The molecule has 0 unspecified atom stereocenters. The van der Waals surface area contributed by atoms with Gasteiger partial charge in [-0.1, -0.05) is 80.4 Å². The van der Waals surface area contributed by atoms with Crippen molar-refractivity contribution in [2.24, 2.45) is 0 Å².